The Hall–Kier alpha value is -2.51. The molecule has 2 aromatic rings. The highest BCUT2D eigenvalue weighted by Crippen LogP contribution is 2.23. The summed E-state index contributed by atoms with van der Waals surface area (Å²) in [6.07, 6.45) is 1.07. The van der Waals surface area contributed by atoms with Crippen molar-refractivity contribution in [1.82, 2.24) is 5.32 Å². The van der Waals surface area contributed by atoms with Crippen LogP contribution in [0.25, 0.3) is 0 Å². The van der Waals surface area contributed by atoms with E-state index in [9.17, 15) is 14.7 Å². The van der Waals surface area contributed by atoms with Crippen LogP contribution >= 0.6 is 11.8 Å². The summed E-state index contributed by atoms with van der Waals surface area (Å²) in [6, 6.07) is 14.1. The van der Waals surface area contributed by atoms with Gasteiger partial charge in [0.15, 0.2) is 0 Å². The van der Waals surface area contributed by atoms with Crippen molar-refractivity contribution in [3.05, 3.63) is 54.1 Å². The van der Waals surface area contributed by atoms with Crippen molar-refractivity contribution in [2.45, 2.75) is 11.0 Å². The second-order valence-corrected chi connectivity index (χ2v) is 6.03. The van der Waals surface area contributed by atoms with Crippen LogP contribution in [0.2, 0.25) is 0 Å². The number of thioether (sulfide) groups is 1. The number of amides is 2. The van der Waals surface area contributed by atoms with Gasteiger partial charge in [-0.25, -0.2) is 0 Å². The van der Waals surface area contributed by atoms with Crippen molar-refractivity contribution < 1.29 is 19.4 Å². The van der Waals surface area contributed by atoms with Crippen LogP contribution in [-0.2, 0) is 9.59 Å². The van der Waals surface area contributed by atoms with Crippen molar-refractivity contribution in [2.75, 3.05) is 25.2 Å². The lowest BCUT2D eigenvalue weighted by Crippen LogP contribution is -2.37. The number of hydrogen-bond donors (Lipinski definition) is 3. The van der Waals surface area contributed by atoms with Crippen molar-refractivity contribution >= 4 is 29.3 Å². The summed E-state index contributed by atoms with van der Waals surface area (Å²) in [7, 11) is 1.48. The van der Waals surface area contributed by atoms with Gasteiger partial charge in [0, 0.05) is 11.4 Å². The SMILES string of the molecule is COc1ccccc1NC(=O)C(=O)NCC(O)c1ccc(SC)cc1. The zero-order valence-electron chi connectivity index (χ0n) is 14.0. The van der Waals surface area contributed by atoms with E-state index in [2.05, 4.69) is 10.6 Å². The maximum absolute atomic E-state index is 12.0. The van der Waals surface area contributed by atoms with Gasteiger partial charge in [-0.05, 0) is 36.1 Å². The van der Waals surface area contributed by atoms with E-state index in [4.69, 9.17) is 4.74 Å². The lowest BCUT2D eigenvalue weighted by molar-refractivity contribution is -0.136. The van der Waals surface area contributed by atoms with Gasteiger partial charge in [-0.15, -0.1) is 11.8 Å². The Morgan fingerprint density at radius 2 is 1.80 bits per heavy atom. The molecule has 0 radical (unpaired) electrons. The van der Waals surface area contributed by atoms with Crippen LogP contribution in [0.5, 0.6) is 5.75 Å². The van der Waals surface area contributed by atoms with Crippen LogP contribution in [-0.4, -0.2) is 36.8 Å². The zero-order chi connectivity index (χ0) is 18.2. The molecule has 25 heavy (non-hydrogen) atoms. The van der Waals surface area contributed by atoms with Gasteiger partial charge in [-0.1, -0.05) is 24.3 Å². The Morgan fingerprint density at radius 3 is 2.44 bits per heavy atom. The van der Waals surface area contributed by atoms with Crippen molar-refractivity contribution in [2.24, 2.45) is 0 Å². The molecular formula is C18H20N2O4S. The Bertz CT molecular complexity index is 734. The van der Waals surface area contributed by atoms with Crippen LogP contribution < -0.4 is 15.4 Å². The molecule has 2 amide bonds. The molecule has 132 valence electrons. The summed E-state index contributed by atoms with van der Waals surface area (Å²) >= 11 is 1.60. The standard InChI is InChI=1S/C18H20N2O4S/c1-24-16-6-4-3-5-14(16)20-18(23)17(22)19-11-15(21)12-7-9-13(25-2)10-8-12/h3-10,15,21H,11H2,1-2H3,(H,19,22)(H,20,23). The fourth-order valence-electron chi connectivity index (χ4n) is 2.14. The van der Waals surface area contributed by atoms with Crippen LogP contribution in [0.3, 0.4) is 0 Å². The van der Waals surface area contributed by atoms with Crippen molar-refractivity contribution in [3.8, 4) is 5.75 Å². The maximum Gasteiger partial charge on any atom is 0.313 e. The number of ether oxygens (including phenoxy) is 1. The van der Waals surface area contributed by atoms with Gasteiger partial charge in [-0.3, -0.25) is 9.59 Å². The van der Waals surface area contributed by atoms with Crippen molar-refractivity contribution in [3.63, 3.8) is 0 Å². The van der Waals surface area contributed by atoms with Crippen molar-refractivity contribution in [1.29, 1.82) is 0 Å². The number of aliphatic hydroxyl groups is 1. The third kappa shape index (κ3) is 5.23. The fraction of sp³-hybridized carbons (Fsp3) is 0.222. The molecule has 2 rings (SSSR count). The van der Waals surface area contributed by atoms with E-state index in [1.54, 1.807) is 48.2 Å². The summed E-state index contributed by atoms with van der Waals surface area (Å²) in [5.41, 5.74) is 1.07. The van der Waals surface area contributed by atoms with E-state index in [0.717, 1.165) is 4.90 Å². The molecule has 0 saturated heterocycles. The molecule has 1 atom stereocenters. The molecule has 7 heteroatoms. The lowest BCUT2D eigenvalue weighted by Gasteiger charge is -2.13. The minimum Gasteiger partial charge on any atom is -0.495 e. The van der Waals surface area contributed by atoms with E-state index in [1.165, 1.54) is 7.11 Å². The number of nitrogens with one attached hydrogen (secondary N) is 2. The highest BCUT2D eigenvalue weighted by molar-refractivity contribution is 7.98. The summed E-state index contributed by atoms with van der Waals surface area (Å²) < 4.78 is 5.11. The van der Waals surface area contributed by atoms with Gasteiger partial charge in [0.1, 0.15) is 5.75 Å². The van der Waals surface area contributed by atoms with Crippen LogP contribution in [0.1, 0.15) is 11.7 Å². The lowest BCUT2D eigenvalue weighted by atomic mass is 10.1. The molecule has 0 aliphatic heterocycles. The number of anilines is 1. The first-order valence-electron chi connectivity index (χ1n) is 7.59. The van der Waals surface area contributed by atoms with Crippen LogP contribution in [0.15, 0.2) is 53.4 Å². The Balaban J connectivity index is 1.89. The molecule has 0 aromatic heterocycles. The van der Waals surface area contributed by atoms with Gasteiger partial charge < -0.3 is 20.5 Å². The average Bonchev–Trinajstić information content (AvgIpc) is 2.66. The summed E-state index contributed by atoms with van der Waals surface area (Å²) in [6.45, 7) is -0.0587. The van der Waals surface area contributed by atoms with Gasteiger partial charge >= 0.3 is 11.8 Å². The van der Waals surface area contributed by atoms with E-state index in [1.807, 2.05) is 18.4 Å². The highest BCUT2D eigenvalue weighted by Gasteiger charge is 2.17. The number of benzene rings is 2. The fourth-order valence-corrected chi connectivity index (χ4v) is 2.55. The molecule has 0 heterocycles. The molecule has 6 nitrogen and oxygen atoms in total. The quantitative estimate of drug-likeness (QED) is 0.543. The number of methoxy groups -OCH3 is 1. The number of rotatable bonds is 6. The zero-order valence-corrected chi connectivity index (χ0v) is 14.8. The third-order valence-electron chi connectivity index (χ3n) is 3.52. The predicted octanol–water partition coefficient (Wildman–Crippen LogP) is 2.21. The molecule has 2 aromatic carbocycles. The Kier molecular flexibility index (Phi) is 6.85. The molecule has 3 N–H and O–H groups in total. The number of para-hydroxylation sites is 2. The predicted molar refractivity (Wildman–Crippen MR) is 97.8 cm³/mol. The van der Waals surface area contributed by atoms with Gasteiger partial charge in [0.2, 0.25) is 0 Å². The topological polar surface area (TPSA) is 87.7 Å². The van der Waals surface area contributed by atoms with Gasteiger partial charge in [0.25, 0.3) is 0 Å². The first-order valence-corrected chi connectivity index (χ1v) is 8.82. The maximum atomic E-state index is 12.0. The van der Waals surface area contributed by atoms with E-state index < -0.39 is 17.9 Å². The minimum atomic E-state index is -0.890. The minimum absolute atomic E-state index is 0.0587. The smallest absolute Gasteiger partial charge is 0.313 e. The van der Waals surface area contributed by atoms with E-state index in [-0.39, 0.29) is 6.54 Å². The van der Waals surface area contributed by atoms with E-state index >= 15 is 0 Å². The normalized spacial score (nSPS) is 11.5. The van der Waals surface area contributed by atoms with Crippen LogP contribution in [0.4, 0.5) is 5.69 Å². The Labute approximate surface area is 150 Å². The molecular weight excluding hydrogens is 340 g/mol. The largest absolute Gasteiger partial charge is 0.495 e. The van der Waals surface area contributed by atoms with Crippen LogP contribution in [0, 0.1) is 0 Å². The Morgan fingerprint density at radius 1 is 1.12 bits per heavy atom. The average molecular weight is 360 g/mol. The number of hydrogen-bond acceptors (Lipinski definition) is 5. The molecule has 0 saturated carbocycles. The van der Waals surface area contributed by atoms with Gasteiger partial charge in [-0.2, -0.15) is 0 Å². The van der Waals surface area contributed by atoms with Gasteiger partial charge in [0.05, 0.1) is 18.9 Å². The third-order valence-corrected chi connectivity index (χ3v) is 4.26. The summed E-state index contributed by atoms with van der Waals surface area (Å²) in [5, 5.41) is 15.0. The second kappa shape index (κ2) is 9.10. The summed E-state index contributed by atoms with van der Waals surface area (Å²) in [4.78, 5) is 24.9. The molecule has 0 aliphatic carbocycles. The molecule has 0 fully saturated rings. The first kappa shape index (κ1) is 18.8. The molecule has 1 unspecified atom stereocenters. The number of carbonyl (C=O) groups is 2. The molecule has 0 spiro atoms. The van der Waals surface area contributed by atoms with E-state index in [0.29, 0.717) is 17.0 Å². The summed E-state index contributed by atoms with van der Waals surface area (Å²) in [5.74, 6) is -1.20. The number of carbonyl (C=O) groups excluding carboxylic acids is 2. The molecule has 0 bridgehead atoms. The second-order valence-electron chi connectivity index (χ2n) is 5.15. The molecule has 0 aliphatic rings. The first-order chi connectivity index (χ1) is 12.0. The monoisotopic (exact) mass is 360 g/mol. The highest BCUT2D eigenvalue weighted by atomic mass is 32.2. The number of aliphatic hydroxyl groups excluding tert-OH is 1.